The van der Waals surface area contributed by atoms with Crippen molar-refractivity contribution in [3.63, 3.8) is 0 Å². The van der Waals surface area contributed by atoms with E-state index in [0.717, 1.165) is 51.4 Å². The highest BCUT2D eigenvalue weighted by molar-refractivity contribution is 5.70. The Morgan fingerprint density at radius 1 is 0.457 bits per heavy atom. The average Bonchev–Trinajstić information content (AvgIpc) is 3.05. The van der Waals surface area contributed by atoms with Crippen molar-refractivity contribution in [1.29, 1.82) is 0 Å². The zero-order valence-corrected chi connectivity index (χ0v) is 31.1. The van der Waals surface area contributed by atoms with E-state index in [-0.39, 0.29) is 18.5 Å². The van der Waals surface area contributed by atoms with Crippen LogP contribution in [-0.4, -0.2) is 37.9 Å². The first-order valence-electron chi connectivity index (χ1n) is 20.2. The Balaban J connectivity index is 4.10. The highest BCUT2D eigenvalue weighted by Gasteiger charge is 2.17. The molecule has 0 N–H and O–H groups in total. The molecule has 46 heavy (non-hydrogen) atoms. The number of unbranched alkanes of at least 4 members (excludes halogenated alkanes) is 24. The third-order valence-electron chi connectivity index (χ3n) is 8.80. The highest BCUT2D eigenvalue weighted by Crippen LogP contribution is 2.13. The van der Waals surface area contributed by atoms with Crippen molar-refractivity contribution in [2.24, 2.45) is 0 Å². The Hall–Kier alpha value is -1.36. The van der Waals surface area contributed by atoms with E-state index in [1.54, 1.807) is 0 Å². The van der Waals surface area contributed by atoms with E-state index >= 15 is 0 Å². The van der Waals surface area contributed by atoms with Crippen LogP contribution in [0.1, 0.15) is 213 Å². The largest absolute Gasteiger partial charge is 0.462 e. The fourth-order valence-electron chi connectivity index (χ4n) is 5.74. The van der Waals surface area contributed by atoms with Gasteiger partial charge in [-0.15, -0.1) is 0 Å². The van der Waals surface area contributed by atoms with Crippen molar-refractivity contribution >= 4 is 11.9 Å². The minimum atomic E-state index is -0.524. The summed E-state index contributed by atoms with van der Waals surface area (Å²) in [5.74, 6) is -0.405. The Kier molecular flexibility index (Phi) is 37.0. The molecule has 0 aliphatic carbocycles. The maximum absolute atomic E-state index is 12.5. The summed E-state index contributed by atoms with van der Waals surface area (Å²) < 4.78 is 17.1. The molecule has 0 amide bonds. The first-order chi connectivity index (χ1) is 22.6. The standard InChI is InChI=1S/C41H78O5/c1-4-7-10-13-16-18-19-20-21-22-23-25-26-28-31-34-40(42)45-38-39(37-44-36-33-30-15-12-9-6-3)46-41(43)35-32-29-27-24-17-14-11-8-5-2/h20-21,39H,4-19,22-38H2,1-3H3/b21-20-. The van der Waals surface area contributed by atoms with Crippen LogP contribution in [0.3, 0.4) is 0 Å². The lowest BCUT2D eigenvalue weighted by Gasteiger charge is -2.18. The highest BCUT2D eigenvalue weighted by atomic mass is 16.6. The molecule has 0 aromatic rings. The quantitative estimate of drug-likeness (QED) is 0.0380. The van der Waals surface area contributed by atoms with Crippen LogP contribution in [-0.2, 0) is 23.8 Å². The summed E-state index contributed by atoms with van der Waals surface area (Å²) in [5, 5.41) is 0. The van der Waals surface area contributed by atoms with E-state index in [9.17, 15) is 9.59 Å². The molecule has 0 fully saturated rings. The Morgan fingerprint density at radius 2 is 0.848 bits per heavy atom. The SMILES string of the molecule is CCCCCCCC/C=C\CCCCCCCC(=O)OCC(COCCCCCCCC)OC(=O)CCCCCCCCCCC. The van der Waals surface area contributed by atoms with Crippen LogP contribution < -0.4 is 0 Å². The fourth-order valence-corrected chi connectivity index (χ4v) is 5.74. The molecule has 0 saturated carbocycles. The van der Waals surface area contributed by atoms with Crippen molar-refractivity contribution in [2.45, 2.75) is 219 Å². The van der Waals surface area contributed by atoms with E-state index in [0.29, 0.717) is 26.1 Å². The van der Waals surface area contributed by atoms with Gasteiger partial charge in [-0.05, 0) is 44.9 Å². The van der Waals surface area contributed by atoms with Crippen molar-refractivity contribution in [2.75, 3.05) is 19.8 Å². The number of hydrogen-bond acceptors (Lipinski definition) is 5. The first kappa shape index (κ1) is 44.6. The van der Waals surface area contributed by atoms with Crippen LogP contribution in [0, 0.1) is 0 Å². The molecule has 0 spiro atoms. The average molecular weight is 651 g/mol. The molecule has 0 rings (SSSR count). The van der Waals surface area contributed by atoms with Crippen molar-refractivity contribution in [3.05, 3.63) is 12.2 Å². The van der Waals surface area contributed by atoms with Crippen LogP contribution in [0.5, 0.6) is 0 Å². The number of carbonyl (C=O) groups is 2. The van der Waals surface area contributed by atoms with Gasteiger partial charge < -0.3 is 14.2 Å². The normalized spacial score (nSPS) is 12.2. The molecule has 5 nitrogen and oxygen atoms in total. The number of rotatable bonds is 37. The lowest BCUT2D eigenvalue weighted by molar-refractivity contribution is -0.163. The summed E-state index contributed by atoms with van der Waals surface area (Å²) >= 11 is 0. The molecule has 0 radical (unpaired) electrons. The van der Waals surface area contributed by atoms with Gasteiger partial charge in [0.2, 0.25) is 0 Å². The van der Waals surface area contributed by atoms with E-state index < -0.39 is 6.10 Å². The number of ether oxygens (including phenoxy) is 3. The van der Waals surface area contributed by atoms with E-state index in [1.807, 2.05) is 0 Å². The van der Waals surface area contributed by atoms with Gasteiger partial charge in [-0.1, -0.05) is 168 Å². The molecule has 1 unspecified atom stereocenters. The second-order valence-corrected chi connectivity index (χ2v) is 13.6. The van der Waals surface area contributed by atoms with Gasteiger partial charge in [0, 0.05) is 19.4 Å². The minimum absolute atomic E-state index is 0.0872. The van der Waals surface area contributed by atoms with E-state index in [4.69, 9.17) is 14.2 Å². The molecule has 272 valence electrons. The van der Waals surface area contributed by atoms with E-state index in [2.05, 4.69) is 32.9 Å². The Morgan fingerprint density at radius 3 is 1.33 bits per heavy atom. The molecule has 1 atom stereocenters. The zero-order chi connectivity index (χ0) is 33.6. The zero-order valence-electron chi connectivity index (χ0n) is 31.1. The van der Waals surface area contributed by atoms with Gasteiger partial charge in [0.1, 0.15) is 6.61 Å². The van der Waals surface area contributed by atoms with Crippen LogP contribution in [0.25, 0.3) is 0 Å². The number of hydrogen-bond donors (Lipinski definition) is 0. The van der Waals surface area contributed by atoms with E-state index in [1.165, 1.54) is 128 Å². The van der Waals surface area contributed by atoms with Crippen LogP contribution >= 0.6 is 0 Å². The van der Waals surface area contributed by atoms with Gasteiger partial charge in [0.25, 0.3) is 0 Å². The number of esters is 2. The summed E-state index contributed by atoms with van der Waals surface area (Å²) in [6.45, 7) is 7.77. The lowest BCUT2D eigenvalue weighted by Crippen LogP contribution is -2.30. The monoisotopic (exact) mass is 651 g/mol. The minimum Gasteiger partial charge on any atom is -0.462 e. The van der Waals surface area contributed by atoms with Gasteiger partial charge in [-0.25, -0.2) is 0 Å². The second kappa shape index (κ2) is 38.1. The summed E-state index contributed by atoms with van der Waals surface area (Å²) in [6.07, 6.45) is 39.2. The molecule has 5 heteroatoms. The molecule has 0 aliphatic heterocycles. The molecule has 0 heterocycles. The third kappa shape index (κ3) is 35.5. The van der Waals surface area contributed by atoms with Crippen LogP contribution in [0.15, 0.2) is 12.2 Å². The number of allylic oxidation sites excluding steroid dienone is 2. The molecule has 0 aliphatic rings. The number of carbonyl (C=O) groups excluding carboxylic acids is 2. The molecule has 0 aromatic carbocycles. The van der Waals surface area contributed by atoms with Crippen molar-refractivity contribution in [3.8, 4) is 0 Å². The molecule has 0 saturated heterocycles. The fraction of sp³-hybridized carbons (Fsp3) is 0.902. The molecular formula is C41H78O5. The summed E-state index contributed by atoms with van der Waals surface area (Å²) in [7, 11) is 0. The van der Waals surface area contributed by atoms with Crippen molar-refractivity contribution in [1.82, 2.24) is 0 Å². The topological polar surface area (TPSA) is 61.8 Å². The van der Waals surface area contributed by atoms with Gasteiger partial charge in [-0.3, -0.25) is 9.59 Å². The summed E-state index contributed by atoms with van der Waals surface area (Å²) in [4.78, 5) is 25.0. The first-order valence-corrected chi connectivity index (χ1v) is 20.2. The molecular weight excluding hydrogens is 572 g/mol. The molecule has 0 aromatic heterocycles. The lowest BCUT2D eigenvalue weighted by atomic mass is 10.1. The summed E-state index contributed by atoms with van der Waals surface area (Å²) in [5.41, 5.74) is 0. The van der Waals surface area contributed by atoms with Gasteiger partial charge in [0.05, 0.1) is 6.61 Å². The second-order valence-electron chi connectivity index (χ2n) is 13.6. The smallest absolute Gasteiger partial charge is 0.306 e. The van der Waals surface area contributed by atoms with Gasteiger partial charge in [0.15, 0.2) is 6.10 Å². The van der Waals surface area contributed by atoms with Crippen LogP contribution in [0.4, 0.5) is 0 Å². The van der Waals surface area contributed by atoms with Gasteiger partial charge >= 0.3 is 11.9 Å². The maximum Gasteiger partial charge on any atom is 0.306 e. The van der Waals surface area contributed by atoms with Crippen LogP contribution in [0.2, 0.25) is 0 Å². The Labute approximate surface area is 286 Å². The predicted octanol–water partition coefficient (Wildman–Crippen LogP) is 12.8. The van der Waals surface area contributed by atoms with Gasteiger partial charge in [-0.2, -0.15) is 0 Å². The summed E-state index contributed by atoms with van der Waals surface area (Å²) in [6, 6.07) is 0. The predicted molar refractivity (Wildman–Crippen MR) is 196 cm³/mol. The third-order valence-corrected chi connectivity index (χ3v) is 8.80. The maximum atomic E-state index is 12.5. The molecule has 0 bridgehead atoms. The Bertz CT molecular complexity index is 661. The van der Waals surface area contributed by atoms with Crippen molar-refractivity contribution < 1.29 is 23.8 Å².